The van der Waals surface area contributed by atoms with E-state index >= 15 is 0 Å². The molecule has 0 amide bonds. The molecule has 0 atom stereocenters. The first kappa shape index (κ1) is 12.3. The Balaban J connectivity index is 3.10. The highest BCUT2D eigenvalue weighted by Gasteiger charge is 1.97. The predicted octanol–water partition coefficient (Wildman–Crippen LogP) is 4.70. The van der Waals surface area contributed by atoms with E-state index in [-0.39, 0.29) is 0 Å². The Hall–Kier alpha value is -1.82. The Morgan fingerprint density at radius 3 is 2.50 bits per heavy atom. The van der Waals surface area contributed by atoms with Gasteiger partial charge in [0.05, 0.1) is 0 Å². The molecular formula is C16H18. The van der Waals surface area contributed by atoms with Crippen molar-refractivity contribution in [1.29, 1.82) is 0 Å². The van der Waals surface area contributed by atoms with Crippen LogP contribution in [0.15, 0.2) is 66.8 Å². The largest absolute Gasteiger partial charge is 0.0984 e. The van der Waals surface area contributed by atoms with E-state index in [1.807, 2.05) is 37.3 Å². The molecule has 0 bridgehead atoms. The summed E-state index contributed by atoms with van der Waals surface area (Å²) in [5.74, 6) is 0. The molecule has 1 rings (SSSR count). The molecule has 0 saturated heterocycles. The van der Waals surface area contributed by atoms with Crippen LogP contribution in [-0.2, 0) is 0 Å². The first-order valence-electron chi connectivity index (χ1n) is 5.40. The van der Waals surface area contributed by atoms with Gasteiger partial charge >= 0.3 is 0 Å². The van der Waals surface area contributed by atoms with Crippen molar-refractivity contribution in [2.45, 2.75) is 13.8 Å². The van der Waals surface area contributed by atoms with Gasteiger partial charge in [0.1, 0.15) is 0 Å². The summed E-state index contributed by atoms with van der Waals surface area (Å²) in [7, 11) is 0. The summed E-state index contributed by atoms with van der Waals surface area (Å²) in [6.07, 6.45) is 7.93. The monoisotopic (exact) mass is 210 g/mol. The topological polar surface area (TPSA) is 0 Å². The van der Waals surface area contributed by atoms with Gasteiger partial charge in [0.25, 0.3) is 0 Å². The lowest BCUT2D eigenvalue weighted by Gasteiger charge is -2.04. The van der Waals surface area contributed by atoms with Crippen LogP contribution >= 0.6 is 0 Å². The predicted molar refractivity (Wildman–Crippen MR) is 73.3 cm³/mol. The van der Waals surface area contributed by atoms with E-state index < -0.39 is 0 Å². The van der Waals surface area contributed by atoms with Crippen molar-refractivity contribution in [1.82, 2.24) is 0 Å². The number of hydrogen-bond acceptors (Lipinski definition) is 0. The molecule has 0 aliphatic carbocycles. The fraction of sp³-hybridized carbons (Fsp3) is 0.125. The molecule has 1 aromatic carbocycles. The van der Waals surface area contributed by atoms with Crippen LogP contribution in [-0.4, -0.2) is 0 Å². The Morgan fingerprint density at radius 1 is 1.25 bits per heavy atom. The fourth-order valence-electron chi connectivity index (χ4n) is 1.50. The van der Waals surface area contributed by atoms with Crippen molar-refractivity contribution >= 4 is 6.08 Å². The molecular weight excluding hydrogens is 192 g/mol. The van der Waals surface area contributed by atoms with Crippen LogP contribution in [0.25, 0.3) is 6.08 Å². The molecule has 1 aromatic rings. The first-order chi connectivity index (χ1) is 7.69. The Kier molecular flexibility index (Phi) is 4.53. The summed E-state index contributed by atoms with van der Waals surface area (Å²) < 4.78 is 0. The smallest absolute Gasteiger partial charge is 0.0190 e. The lowest BCUT2D eigenvalue weighted by atomic mass is 10.0. The minimum absolute atomic E-state index is 0.987. The molecule has 0 heterocycles. The molecule has 0 aliphatic heterocycles. The number of allylic oxidation sites excluding steroid dienone is 5. The minimum Gasteiger partial charge on any atom is -0.0984 e. The van der Waals surface area contributed by atoms with Crippen molar-refractivity contribution < 1.29 is 0 Å². The molecule has 0 radical (unpaired) electrons. The van der Waals surface area contributed by atoms with E-state index in [2.05, 4.69) is 38.3 Å². The van der Waals surface area contributed by atoms with Gasteiger partial charge in [-0.05, 0) is 42.2 Å². The molecule has 0 N–H and O–H groups in total. The first-order valence-corrected chi connectivity index (χ1v) is 5.40. The van der Waals surface area contributed by atoms with Crippen molar-refractivity contribution in [2.24, 2.45) is 0 Å². The number of aryl methyl sites for hydroxylation is 1. The van der Waals surface area contributed by atoms with Crippen LogP contribution in [0.3, 0.4) is 0 Å². The molecule has 0 aromatic heterocycles. The van der Waals surface area contributed by atoms with Crippen molar-refractivity contribution in [3.63, 3.8) is 0 Å². The summed E-state index contributed by atoms with van der Waals surface area (Å²) >= 11 is 0. The fourth-order valence-corrected chi connectivity index (χ4v) is 1.50. The SMILES string of the molecule is C=C/C(=C/c1ccccc1C)C(=C)/C=C\C. The van der Waals surface area contributed by atoms with Gasteiger partial charge in [0.2, 0.25) is 0 Å². The molecule has 0 unspecified atom stereocenters. The number of benzene rings is 1. The maximum absolute atomic E-state index is 4.02. The van der Waals surface area contributed by atoms with Gasteiger partial charge in [-0.1, -0.05) is 55.7 Å². The van der Waals surface area contributed by atoms with E-state index in [4.69, 9.17) is 0 Å². The zero-order valence-electron chi connectivity index (χ0n) is 10.0. The highest BCUT2D eigenvalue weighted by molar-refractivity contribution is 5.65. The van der Waals surface area contributed by atoms with E-state index in [1.165, 1.54) is 11.1 Å². The van der Waals surface area contributed by atoms with Crippen molar-refractivity contribution in [3.05, 3.63) is 77.9 Å². The lowest BCUT2D eigenvalue weighted by molar-refractivity contribution is 1.43. The quantitative estimate of drug-likeness (QED) is 0.632. The maximum atomic E-state index is 4.02. The van der Waals surface area contributed by atoms with Crippen LogP contribution in [0.4, 0.5) is 0 Å². The number of hydrogen-bond donors (Lipinski definition) is 0. The normalized spacial score (nSPS) is 11.8. The molecule has 16 heavy (non-hydrogen) atoms. The van der Waals surface area contributed by atoms with Gasteiger partial charge in [0, 0.05) is 0 Å². The van der Waals surface area contributed by atoms with E-state index in [1.54, 1.807) is 0 Å². The lowest BCUT2D eigenvalue weighted by Crippen LogP contribution is -1.84. The zero-order valence-corrected chi connectivity index (χ0v) is 10.0. The van der Waals surface area contributed by atoms with Gasteiger partial charge in [0.15, 0.2) is 0 Å². The highest BCUT2D eigenvalue weighted by atomic mass is 14.0. The van der Waals surface area contributed by atoms with Gasteiger partial charge in [-0.25, -0.2) is 0 Å². The van der Waals surface area contributed by atoms with Crippen LogP contribution in [0.5, 0.6) is 0 Å². The average molecular weight is 210 g/mol. The third-order valence-corrected chi connectivity index (χ3v) is 2.46. The Labute approximate surface area is 98.3 Å². The summed E-state index contributed by atoms with van der Waals surface area (Å²) in [5, 5.41) is 0. The maximum Gasteiger partial charge on any atom is -0.0190 e. The van der Waals surface area contributed by atoms with Gasteiger partial charge in [-0.3, -0.25) is 0 Å². The summed E-state index contributed by atoms with van der Waals surface area (Å²) in [6.45, 7) is 11.9. The number of rotatable bonds is 4. The van der Waals surface area contributed by atoms with E-state index in [0.717, 1.165) is 11.1 Å². The van der Waals surface area contributed by atoms with Gasteiger partial charge < -0.3 is 0 Å². The minimum atomic E-state index is 0.987. The third kappa shape index (κ3) is 3.09. The summed E-state index contributed by atoms with van der Waals surface area (Å²) in [4.78, 5) is 0. The standard InChI is InChI=1S/C16H18/c1-5-9-13(3)15(6-2)12-16-11-8-7-10-14(16)4/h5-12H,2-3H2,1,4H3/b9-5-,15-12-. The van der Waals surface area contributed by atoms with Crippen LogP contribution in [0.1, 0.15) is 18.1 Å². The van der Waals surface area contributed by atoms with Crippen LogP contribution in [0.2, 0.25) is 0 Å². The van der Waals surface area contributed by atoms with Crippen LogP contribution < -0.4 is 0 Å². The second-order valence-electron chi connectivity index (χ2n) is 3.69. The third-order valence-electron chi connectivity index (χ3n) is 2.46. The molecule has 82 valence electrons. The molecule has 0 spiro atoms. The zero-order chi connectivity index (χ0) is 12.0. The van der Waals surface area contributed by atoms with Gasteiger partial charge in [-0.2, -0.15) is 0 Å². The second kappa shape index (κ2) is 5.92. The second-order valence-corrected chi connectivity index (χ2v) is 3.69. The van der Waals surface area contributed by atoms with Crippen molar-refractivity contribution in [3.8, 4) is 0 Å². The molecule has 0 aliphatic rings. The summed E-state index contributed by atoms with van der Waals surface area (Å²) in [5.41, 5.74) is 4.52. The van der Waals surface area contributed by atoms with E-state index in [9.17, 15) is 0 Å². The van der Waals surface area contributed by atoms with E-state index in [0.29, 0.717) is 0 Å². The molecule has 0 saturated carbocycles. The van der Waals surface area contributed by atoms with Crippen LogP contribution in [0, 0.1) is 6.92 Å². The Bertz CT molecular complexity index is 445. The Morgan fingerprint density at radius 2 is 1.94 bits per heavy atom. The van der Waals surface area contributed by atoms with Crippen molar-refractivity contribution in [2.75, 3.05) is 0 Å². The average Bonchev–Trinajstić information content (AvgIpc) is 2.28. The highest BCUT2D eigenvalue weighted by Crippen LogP contribution is 2.17. The molecule has 0 heteroatoms. The molecule has 0 nitrogen and oxygen atoms in total. The summed E-state index contributed by atoms with van der Waals surface area (Å²) in [6, 6.07) is 8.28. The van der Waals surface area contributed by atoms with Gasteiger partial charge in [-0.15, -0.1) is 0 Å². The molecule has 0 fully saturated rings.